The van der Waals surface area contributed by atoms with E-state index in [1.165, 1.54) is 18.0 Å². The Morgan fingerprint density at radius 2 is 2.13 bits per heavy atom. The molecule has 2 heterocycles. The van der Waals surface area contributed by atoms with Crippen molar-refractivity contribution in [1.82, 2.24) is 30.7 Å². The predicted molar refractivity (Wildman–Crippen MR) is 105 cm³/mol. The van der Waals surface area contributed by atoms with Crippen molar-refractivity contribution in [2.75, 3.05) is 34.0 Å². The minimum absolute atomic E-state index is 0.0338. The molecule has 3 rings (SSSR count). The number of amides is 1. The number of ether oxygens (including phenoxy) is 2. The van der Waals surface area contributed by atoms with E-state index >= 15 is 0 Å². The first-order chi connectivity index (χ1) is 14.4. The van der Waals surface area contributed by atoms with E-state index in [4.69, 9.17) is 15.2 Å². The number of hydrazone groups is 1. The molecule has 13 heteroatoms. The van der Waals surface area contributed by atoms with Gasteiger partial charge in [-0.1, -0.05) is 5.21 Å². The zero-order chi connectivity index (χ0) is 21.7. The molecule has 0 saturated carbocycles. The lowest BCUT2D eigenvalue weighted by Gasteiger charge is -2.09. The summed E-state index contributed by atoms with van der Waals surface area (Å²) in [7, 11) is 6.92. The Morgan fingerprint density at radius 3 is 2.77 bits per heavy atom. The van der Waals surface area contributed by atoms with Crippen molar-refractivity contribution >= 4 is 17.9 Å². The second-order valence-corrected chi connectivity index (χ2v) is 6.46. The molecule has 0 spiro atoms. The highest BCUT2D eigenvalue weighted by molar-refractivity contribution is 5.94. The molecule has 4 N–H and O–H groups in total. The largest absolute Gasteiger partial charge is 0.497 e. The lowest BCUT2D eigenvalue weighted by atomic mass is 10.2. The summed E-state index contributed by atoms with van der Waals surface area (Å²) in [5.74, 6) is 0.832. The monoisotopic (exact) mass is 416 g/mol. The van der Waals surface area contributed by atoms with Crippen LogP contribution in [-0.4, -0.2) is 65.7 Å². The first-order valence-electron chi connectivity index (χ1n) is 8.82. The van der Waals surface area contributed by atoms with Gasteiger partial charge in [-0.3, -0.25) is 4.79 Å². The van der Waals surface area contributed by atoms with Crippen molar-refractivity contribution in [3.8, 4) is 17.3 Å². The summed E-state index contributed by atoms with van der Waals surface area (Å²) < 4.78 is 16.4. The summed E-state index contributed by atoms with van der Waals surface area (Å²) in [6, 6.07) is 5.22. The quantitative estimate of drug-likeness (QED) is 0.298. The summed E-state index contributed by atoms with van der Waals surface area (Å²) in [6.07, 6.45) is 1.46. The van der Waals surface area contributed by atoms with Crippen LogP contribution in [0.4, 0.5) is 5.82 Å². The normalized spacial score (nSPS) is 11.2. The molecular formula is C17H22N9O4+. The topological polar surface area (TPSA) is 160 Å². The van der Waals surface area contributed by atoms with Crippen LogP contribution < -0.4 is 25.5 Å². The van der Waals surface area contributed by atoms with E-state index in [1.807, 2.05) is 14.1 Å². The Hall–Kier alpha value is -4.00. The third-order valence-corrected chi connectivity index (χ3v) is 4.01. The fourth-order valence-electron chi connectivity index (χ4n) is 2.62. The van der Waals surface area contributed by atoms with Crippen molar-refractivity contribution in [2.45, 2.75) is 6.54 Å². The van der Waals surface area contributed by atoms with Gasteiger partial charge in [0.05, 0.1) is 34.5 Å². The van der Waals surface area contributed by atoms with Gasteiger partial charge in [0.1, 0.15) is 23.7 Å². The SMILES string of the molecule is COc1ccc(C=NNC(=O)c2nnn(-c3nonc3N)c2C[NH+](C)C)c(OC)c1. The van der Waals surface area contributed by atoms with Gasteiger partial charge in [0, 0.05) is 11.6 Å². The fraction of sp³-hybridized carbons (Fsp3) is 0.294. The van der Waals surface area contributed by atoms with E-state index in [-0.39, 0.29) is 17.3 Å². The van der Waals surface area contributed by atoms with Crippen molar-refractivity contribution in [1.29, 1.82) is 0 Å². The molecule has 0 bridgehead atoms. The molecule has 158 valence electrons. The number of benzene rings is 1. The standard InChI is InChI=1S/C17H21N9O4/c1-25(2)9-12-14(20-24-26(12)16-15(18)22-30-23-16)17(27)21-19-8-10-5-6-11(28-3)7-13(10)29-4/h5-8H,9H2,1-4H3,(H2,18,22)(H,21,27)/p+1. The van der Waals surface area contributed by atoms with Crippen LogP contribution in [0, 0.1) is 0 Å². The van der Waals surface area contributed by atoms with E-state index in [0.29, 0.717) is 29.3 Å². The van der Waals surface area contributed by atoms with Gasteiger partial charge in [-0.05, 0) is 22.4 Å². The number of nitrogens with one attached hydrogen (secondary N) is 2. The second kappa shape index (κ2) is 9.00. The highest BCUT2D eigenvalue weighted by Crippen LogP contribution is 2.23. The van der Waals surface area contributed by atoms with E-state index in [1.54, 1.807) is 25.3 Å². The van der Waals surface area contributed by atoms with E-state index in [0.717, 1.165) is 4.90 Å². The Labute approximate surface area is 171 Å². The number of carbonyl (C=O) groups excluding carboxylic acids is 1. The molecule has 1 amide bonds. The van der Waals surface area contributed by atoms with Gasteiger partial charge >= 0.3 is 0 Å². The molecule has 0 aliphatic carbocycles. The third-order valence-electron chi connectivity index (χ3n) is 4.01. The van der Waals surface area contributed by atoms with Crippen molar-refractivity contribution in [2.24, 2.45) is 5.10 Å². The summed E-state index contributed by atoms with van der Waals surface area (Å²) in [4.78, 5) is 13.7. The van der Waals surface area contributed by atoms with Crippen LogP contribution in [0.1, 0.15) is 21.7 Å². The number of nitrogens with two attached hydrogens (primary N) is 1. The Balaban J connectivity index is 1.83. The average Bonchev–Trinajstić information content (AvgIpc) is 3.33. The van der Waals surface area contributed by atoms with Gasteiger partial charge < -0.3 is 20.1 Å². The molecule has 1 aromatic carbocycles. The number of anilines is 1. The van der Waals surface area contributed by atoms with Gasteiger partial charge in [0.25, 0.3) is 5.91 Å². The van der Waals surface area contributed by atoms with Crippen LogP contribution in [0.5, 0.6) is 11.5 Å². The van der Waals surface area contributed by atoms with E-state index in [9.17, 15) is 4.79 Å². The number of methoxy groups -OCH3 is 2. The fourth-order valence-corrected chi connectivity index (χ4v) is 2.62. The highest BCUT2D eigenvalue weighted by atomic mass is 16.6. The van der Waals surface area contributed by atoms with E-state index < -0.39 is 5.91 Å². The molecule has 0 aliphatic rings. The Morgan fingerprint density at radius 1 is 1.33 bits per heavy atom. The molecule has 0 radical (unpaired) electrons. The molecule has 2 aromatic heterocycles. The Kier molecular flexibility index (Phi) is 6.22. The summed E-state index contributed by atoms with van der Waals surface area (Å²) in [5, 5.41) is 19.2. The van der Waals surface area contributed by atoms with Crippen molar-refractivity contribution < 1.29 is 23.8 Å². The van der Waals surface area contributed by atoms with Crippen molar-refractivity contribution in [3.05, 3.63) is 35.2 Å². The number of hydrogen-bond donors (Lipinski definition) is 3. The summed E-state index contributed by atoms with van der Waals surface area (Å²) in [6.45, 7) is 0.415. The number of hydrogen-bond acceptors (Lipinski definition) is 10. The zero-order valence-electron chi connectivity index (χ0n) is 16.9. The maximum Gasteiger partial charge on any atom is 0.294 e. The minimum atomic E-state index is -0.545. The van der Waals surface area contributed by atoms with Gasteiger partial charge in [0.2, 0.25) is 11.6 Å². The number of rotatable bonds is 8. The molecule has 0 fully saturated rings. The summed E-state index contributed by atoms with van der Waals surface area (Å²) >= 11 is 0. The number of aromatic nitrogens is 5. The highest BCUT2D eigenvalue weighted by Gasteiger charge is 2.25. The lowest BCUT2D eigenvalue weighted by molar-refractivity contribution is -0.873. The molecule has 0 saturated heterocycles. The molecular weight excluding hydrogens is 394 g/mol. The van der Waals surface area contributed by atoms with Crippen LogP contribution in [0.2, 0.25) is 0 Å². The first kappa shape index (κ1) is 20.7. The van der Waals surface area contributed by atoms with Crippen LogP contribution in [0.3, 0.4) is 0 Å². The number of nitrogens with zero attached hydrogens (tertiary/aromatic N) is 6. The minimum Gasteiger partial charge on any atom is -0.497 e. The average molecular weight is 416 g/mol. The smallest absolute Gasteiger partial charge is 0.294 e. The summed E-state index contributed by atoms with van der Waals surface area (Å²) in [5.41, 5.74) is 9.40. The molecule has 3 aromatic rings. The molecule has 0 aliphatic heterocycles. The maximum absolute atomic E-state index is 12.7. The first-order valence-corrected chi connectivity index (χ1v) is 8.82. The van der Waals surface area contributed by atoms with Crippen LogP contribution >= 0.6 is 0 Å². The predicted octanol–water partition coefficient (Wildman–Crippen LogP) is -1.34. The van der Waals surface area contributed by atoms with Gasteiger partial charge in [-0.25, -0.2) is 10.1 Å². The van der Waals surface area contributed by atoms with Gasteiger partial charge in [-0.2, -0.15) is 9.78 Å². The zero-order valence-corrected chi connectivity index (χ0v) is 16.9. The molecule has 0 atom stereocenters. The number of quaternary nitrogens is 1. The van der Waals surface area contributed by atoms with Gasteiger partial charge in [0.15, 0.2) is 5.69 Å². The van der Waals surface area contributed by atoms with E-state index in [2.05, 4.69) is 35.8 Å². The number of nitrogen functional groups attached to an aromatic ring is 1. The third kappa shape index (κ3) is 4.35. The van der Waals surface area contributed by atoms with Crippen LogP contribution in [0.25, 0.3) is 5.82 Å². The molecule has 0 unspecified atom stereocenters. The van der Waals surface area contributed by atoms with Crippen LogP contribution in [0.15, 0.2) is 27.9 Å². The molecule has 13 nitrogen and oxygen atoms in total. The lowest BCUT2D eigenvalue weighted by Crippen LogP contribution is -3.04. The molecule has 30 heavy (non-hydrogen) atoms. The van der Waals surface area contributed by atoms with Crippen LogP contribution in [-0.2, 0) is 6.54 Å². The second-order valence-electron chi connectivity index (χ2n) is 6.46. The van der Waals surface area contributed by atoms with Gasteiger partial charge in [-0.15, -0.1) is 5.10 Å². The maximum atomic E-state index is 12.7. The van der Waals surface area contributed by atoms with Crippen molar-refractivity contribution in [3.63, 3.8) is 0 Å². The Bertz CT molecular complexity index is 1060. The number of carbonyl (C=O) groups is 1.